The zero-order valence-corrected chi connectivity index (χ0v) is 14.1. The van der Waals surface area contributed by atoms with Crippen molar-refractivity contribution in [2.45, 2.75) is 50.9 Å². The van der Waals surface area contributed by atoms with Crippen molar-refractivity contribution in [3.63, 3.8) is 0 Å². The Kier molecular flexibility index (Phi) is 3.66. The van der Waals surface area contributed by atoms with Gasteiger partial charge in [-0.05, 0) is 86.3 Å². The van der Waals surface area contributed by atoms with Gasteiger partial charge in [0.15, 0.2) is 0 Å². The lowest BCUT2D eigenvalue weighted by atomic mass is 9.48. The monoisotopic (exact) mass is 327 g/mol. The van der Waals surface area contributed by atoms with Gasteiger partial charge in [0.05, 0.1) is 0 Å². The number of aliphatic carboxylic acids is 1. The summed E-state index contributed by atoms with van der Waals surface area (Å²) in [5.41, 5.74) is 2.44. The molecule has 4 nitrogen and oxygen atoms in total. The third-order valence-electron chi connectivity index (χ3n) is 6.57. The van der Waals surface area contributed by atoms with Crippen molar-refractivity contribution in [2.24, 2.45) is 23.7 Å². The minimum atomic E-state index is -1.10. The number of hydrogen-bond acceptors (Lipinski definition) is 2. The average Bonchev–Trinajstić information content (AvgIpc) is 2.53. The fourth-order valence-corrected chi connectivity index (χ4v) is 5.73. The third kappa shape index (κ3) is 2.62. The van der Waals surface area contributed by atoms with E-state index < -0.39 is 17.8 Å². The van der Waals surface area contributed by atoms with Gasteiger partial charge in [-0.25, -0.2) is 0 Å². The molecule has 0 unspecified atom stereocenters. The molecule has 24 heavy (non-hydrogen) atoms. The molecule has 1 amide bonds. The van der Waals surface area contributed by atoms with E-state index in [2.05, 4.69) is 17.4 Å². The van der Waals surface area contributed by atoms with Gasteiger partial charge in [-0.2, -0.15) is 0 Å². The lowest BCUT2D eigenvalue weighted by Gasteiger charge is -2.57. The van der Waals surface area contributed by atoms with Crippen LogP contribution in [-0.2, 0) is 15.0 Å². The van der Waals surface area contributed by atoms with E-state index in [1.165, 1.54) is 51.0 Å². The summed E-state index contributed by atoms with van der Waals surface area (Å²) in [5.74, 6) is 0.127. The van der Waals surface area contributed by atoms with Crippen LogP contribution in [0.25, 0.3) is 0 Å². The lowest BCUT2D eigenvalue weighted by molar-refractivity contribution is -0.144. The van der Waals surface area contributed by atoms with Crippen LogP contribution in [0.2, 0.25) is 0 Å². The van der Waals surface area contributed by atoms with Crippen molar-refractivity contribution < 1.29 is 14.7 Å². The maximum atomic E-state index is 11.9. The predicted molar refractivity (Wildman–Crippen MR) is 91.7 cm³/mol. The van der Waals surface area contributed by atoms with Crippen LogP contribution in [0.1, 0.15) is 51.0 Å². The summed E-state index contributed by atoms with van der Waals surface area (Å²) in [4.78, 5) is 22.8. The highest BCUT2D eigenvalue weighted by molar-refractivity contribution is 6.03. The Hall–Kier alpha value is -1.84. The second-order valence-corrected chi connectivity index (χ2v) is 8.32. The molecule has 4 heteroatoms. The molecule has 1 aromatic rings. The van der Waals surface area contributed by atoms with Gasteiger partial charge >= 0.3 is 5.97 Å². The number of carbonyl (C=O) groups excluding carboxylic acids is 1. The van der Waals surface area contributed by atoms with Gasteiger partial charge in [-0.15, -0.1) is 0 Å². The topological polar surface area (TPSA) is 66.4 Å². The van der Waals surface area contributed by atoms with E-state index in [1.54, 1.807) is 0 Å². The average molecular weight is 327 g/mol. The molecule has 4 fully saturated rings. The molecular weight excluding hydrogens is 302 g/mol. The standard InChI is InChI=1S/C20H25NO3/c1-12(19(23)24)18(22)21-17-4-2-16(3-5-17)20-9-13-6-14(10-20)8-15(7-13)11-20/h2-5,12-15H,6-11H2,1H3,(H,21,22)(H,23,24)/t12-,13?,14?,15?,20?/m0/s1. The summed E-state index contributed by atoms with van der Waals surface area (Å²) in [5, 5.41) is 11.6. The molecule has 4 saturated carbocycles. The quantitative estimate of drug-likeness (QED) is 0.826. The predicted octanol–water partition coefficient (Wildman–Crippen LogP) is 3.81. The van der Waals surface area contributed by atoms with Crippen LogP contribution in [0.15, 0.2) is 24.3 Å². The summed E-state index contributed by atoms with van der Waals surface area (Å²) < 4.78 is 0. The molecule has 0 aliphatic heterocycles. The van der Waals surface area contributed by atoms with Crippen LogP contribution in [0.3, 0.4) is 0 Å². The number of anilines is 1. The number of hydrogen-bond donors (Lipinski definition) is 2. The minimum Gasteiger partial charge on any atom is -0.481 e. The van der Waals surface area contributed by atoms with Gasteiger partial charge < -0.3 is 10.4 Å². The summed E-state index contributed by atoms with van der Waals surface area (Å²) in [6, 6.07) is 8.16. The number of carboxylic acids is 1. The molecule has 1 atom stereocenters. The number of carbonyl (C=O) groups is 2. The Bertz CT molecular complexity index is 629. The molecule has 5 rings (SSSR count). The van der Waals surface area contributed by atoms with Crippen molar-refractivity contribution in [2.75, 3.05) is 5.32 Å². The van der Waals surface area contributed by atoms with Crippen molar-refractivity contribution in [1.29, 1.82) is 0 Å². The first-order chi connectivity index (χ1) is 11.4. The van der Waals surface area contributed by atoms with Gasteiger partial charge in [-0.1, -0.05) is 12.1 Å². The van der Waals surface area contributed by atoms with Crippen LogP contribution in [0.4, 0.5) is 5.69 Å². The molecule has 4 aliphatic carbocycles. The highest BCUT2D eigenvalue weighted by atomic mass is 16.4. The first kappa shape index (κ1) is 15.7. The summed E-state index contributed by atoms with van der Waals surface area (Å²) in [6.45, 7) is 1.40. The number of benzene rings is 1. The highest BCUT2D eigenvalue weighted by Crippen LogP contribution is 2.60. The maximum Gasteiger partial charge on any atom is 0.315 e. The first-order valence-corrected chi connectivity index (χ1v) is 9.09. The van der Waals surface area contributed by atoms with Gasteiger partial charge in [0, 0.05) is 5.69 Å². The fourth-order valence-electron chi connectivity index (χ4n) is 5.73. The summed E-state index contributed by atoms with van der Waals surface area (Å²) in [7, 11) is 0. The third-order valence-corrected chi connectivity index (χ3v) is 6.57. The Morgan fingerprint density at radius 2 is 1.54 bits per heavy atom. The largest absolute Gasteiger partial charge is 0.481 e. The second kappa shape index (κ2) is 5.61. The van der Waals surface area contributed by atoms with Crippen LogP contribution in [-0.4, -0.2) is 17.0 Å². The molecule has 0 aromatic heterocycles. The molecule has 4 aliphatic rings. The normalized spacial score (nSPS) is 34.8. The second-order valence-electron chi connectivity index (χ2n) is 8.32. The molecule has 2 N–H and O–H groups in total. The van der Waals surface area contributed by atoms with Gasteiger partial charge in [0.2, 0.25) is 5.91 Å². The molecule has 128 valence electrons. The minimum absolute atomic E-state index is 0.353. The van der Waals surface area contributed by atoms with Crippen molar-refractivity contribution >= 4 is 17.6 Å². The Labute approximate surface area is 142 Å². The number of carboxylic acid groups (broad SMARTS) is 1. The molecule has 0 saturated heterocycles. The molecule has 4 bridgehead atoms. The zero-order chi connectivity index (χ0) is 16.9. The first-order valence-electron chi connectivity index (χ1n) is 9.09. The Morgan fingerprint density at radius 1 is 1.04 bits per heavy atom. The van der Waals surface area contributed by atoms with E-state index in [4.69, 9.17) is 5.11 Å². The number of rotatable bonds is 4. The Balaban J connectivity index is 1.50. The number of nitrogens with one attached hydrogen (secondary N) is 1. The summed E-state index contributed by atoms with van der Waals surface area (Å²) in [6.07, 6.45) is 8.25. The Morgan fingerprint density at radius 3 is 2.00 bits per heavy atom. The highest BCUT2D eigenvalue weighted by Gasteiger charge is 2.51. The molecule has 0 spiro atoms. The van der Waals surface area contributed by atoms with E-state index in [9.17, 15) is 9.59 Å². The molecule has 0 heterocycles. The summed E-state index contributed by atoms with van der Waals surface area (Å²) >= 11 is 0. The van der Waals surface area contributed by atoms with E-state index in [0.29, 0.717) is 11.1 Å². The number of amides is 1. The smallest absolute Gasteiger partial charge is 0.315 e. The zero-order valence-electron chi connectivity index (χ0n) is 14.1. The van der Waals surface area contributed by atoms with E-state index >= 15 is 0 Å². The van der Waals surface area contributed by atoms with Crippen LogP contribution < -0.4 is 5.32 Å². The molecular formula is C20H25NO3. The van der Waals surface area contributed by atoms with Crippen LogP contribution >= 0.6 is 0 Å². The van der Waals surface area contributed by atoms with E-state index in [-0.39, 0.29) is 0 Å². The fraction of sp³-hybridized carbons (Fsp3) is 0.600. The van der Waals surface area contributed by atoms with Gasteiger partial charge in [0.1, 0.15) is 5.92 Å². The van der Waals surface area contributed by atoms with Gasteiger partial charge in [-0.3, -0.25) is 9.59 Å². The van der Waals surface area contributed by atoms with E-state index in [1.807, 2.05) is 12.1 Å². The van der Waals surface area contributed by atoms with Crippen LogP contribution in [0, 0.1) is 23.7 Å². The SMILES string of the molecule is C[C@H](C(=O)O)C(=O)Nc1ccc(C23CC4CC(CC(C4)C2)C3)cc1. The van der Waals surface area contributed by atoms with Crippen LogP contribution in [0.5, 0.6) is 0 Å². The van der Waals surface area contributed by atoms with Crippen molar-refractivity contribution in [1.82, 2.24) is 0 Å². The van der Waals surface area contributed by atoms with Gasteiger partial charge in [0.25, 0.3) is 0 Å². The molecule has 1 aromatic carbocycles. The van der Waals surface area contributed by atoms with E-state index in [0.717, 1.165) is 17.8 Å². The molecule has 0 radical (unpaired) electrons. The maximum absolute atomic E-state index is 11.9. The lowest BCUT2D eigenvalue weighted by Crippen LogP contribution is -2.48. The van der Waals surface area contributed by atoms with Crippen molar-refractivity contribution in [3.8, 4) is 0 Å². The van der Waals surface area contributed by atoms with Crippen molar-refractivity contribution in [3.05, 3.63) is 29.8 Å².